The fourth-order valence-electron chi connectivity index (χ4n) is 2.38. The number of hydrogen-bond donors (Lipinski definition) is 1. The normalized spacial score (nSPS) is 13.0. The Hall–Kier alpha value is -1.70. The minimum absolute atomic E-state index is 0.108. The summed E-state index contributed by atoms with van der Waals surface area (Å²) in [7, 11) is -2.10. The number of sulfonamides is 1. The Balaban J connectivity index is 2.23. The van der Waals surface area contributed by atoms with Crippen LogP contribution in [0.1, 0.15) is 42.7 Å². The minimum Gasteiger partial charge on any atom is -0.346 e. The lowest BCUT2D eigenvalue weighted by molar-refractivity contribution is 0.0939. The van der Waals surface area contributed by atoms with Gasteiger partial charge in [0.2, 0.25) is 10.0 Å². The van der Waals surface area contributed by atoms with Gasteiger partial charge in [-0.1, -0.05) is 34.1 Å². The number of nitrogens with zero attached hydrogens (tertiary/aromatic N) is 1. The summed E-state index contributed by atoms with van der Waals surface area (Å²) >= 11 is 3.41. The Bertz CT molecular complexity index is 897. The van der Waals surface area contributed by atoms with E-state index in [9.17, 15) is 13.2 Å². The van der Waals surface area contributed by atoms with Crippen molar-refractivity contribution in [3.8, 4) is 0 Å². The van der Waals surface area contributed by atoms with E-state index in [4.69, 9.17) is 0 Å². The van der Waals surface area contributed by atoms with Gasteiger partial charge in [0.05, 0.1) is 10.9 Å². The van der Waals surface area contributed by atoms with Crippen LogP contribution in [0.25, 0.3) is 0 Å². The Morgan fingerprint density at radius 1 is 1.08 bits per heavy atom. The molecule has 2 rings (SSSR count). The number of halogens is 1. The molecule has 0 heterocycles. The van der Waals surface area contributed by atoms with Gasteiger partial charge < -0.3 is 5.32 Å². The molecule has 0 bridgehead atoms. The second-order valence-corrected chi connectivity index (χ2v) is 9.31. The molecule has 2 aromatic carbocycles. The summed E-state index contributed by atoms with van der Waals surface area (Å²) in [6.07, 6.45) is 0. The van der Waals surface area contributed by atoms with Gasteiger partial charge in [0.25, 0.3) is 5.91 Å². The minimum atomic E-state index is -3.63. The van der Waals surface area contributed by atoms with Crippen LogP contribution in [0.2, 0.25) is 0 Å². The molecule has 140 valence electrons. The van der Waals surface area contributed by atoms with Gasteiger partial charge in [-0.25, -0.2) is 8.42 Å². The first-order valence-corrected chi connectivity index (χ1v) is 10.5. The number of nitrogens with one attached hydrogen (secondary N) is 1. The lowest BCUT2D eigenvalue weighted by Crippen LogP contribution is -2.33. The van der Waals surface area contributed by atoms with Crippen molar-refractivity contribution in [3.63, 3.8) is 0 Å². The highest BCUT2D eigenvalue weighted by molar-refractivity contribution is 9.10. The molecule has 0 saturated heterocycles. The quantitative estimate of drug-likeness (QED) is 0.741. The van der Waals surface area contributed by atoms with E-state index < -0.39 is 10.0 Å². The van der Waals surface area contributed by atoms with Crippen molar-refractivity contribution in [3.05, 3.63) is 64.1 Å². The number of benzene rings is 2. The summed E-state index contributed by atoms with van der Waals surface area (Å²) in [5.41, 5.74) is 1.26. The SMILES string of the molecule is CC(NC(=O)c1cccc(S(=O)(=O)N(C)C(C)C)c1)c1cccc(Br)c1. The Labute approximate surface area is 163 Å². The summed E-state index contributed by atoms with van der Waals surface area (Å²) in [4.78, 5) is 12.7. The third-order valence-corrected chi connectivity index (χ3v) is 6.72. The lowest BCUT2D eigenvalue weighted by Gasteiger charge is -2.21. The van der Waals surface area contributed by atoms with E-state index in [1.165, 1.54) is 23.5 Å². The molecule has 0 aliphatic heterocycles. The average Bonchev–Trinajstić information content (AvgIpc) is 2.60. The Morgan fingerprint density at radius 2 is 1.73 bits per heavy atom. The molecule has 0 aromatic heterocycles. The first-order valence-electron chi connectivity index (χ1n) is 8.27. The highest BCUT2D eigenvalue weighted by atomic mass is 79.9. The zero-order chi connectivity index (χ0) is 19.5. The van der Waals surface area contributed by atoms with E-state index >= 15 is 0 Å². The lowest BCUT2D eigenvalue weighted by atomic mass is 10.1. The van der Waals surface area contributed by atoms with Gasteiger partial charge in [-0.15, -0.1) is 0 Å². The van der Waals surface area contributed by atoms with Crippen LogP contribution >= 0.6 is 15.9 Å². The number of hydrogen-bond acceptors (Lipinski definition) is 3. The molecule has 1 atom stereocenters. The molecule has 0 saturated carbocycles. The number of rotatable bonds is 6. The van der Waals surface area contributed by atoms with E-state index in [0.29, 0.717) is 5.56 Å². The standard InChI is InChI=1S/C19H23BrN2O3S/c1-13(2)22(4)26(24,25)18-10-6-8-16(12-18)19(23)21-14(3)15-7-5-9-17(20)11-15/h5-14H,1-4H3,(H,21,23). The predicted octanol–water partition coefficient (Wildman–Crippen LogP) is 3.97. The molecule has 26 heavy (non-hydrogen) atoms. The molecule has 0 aliphatic rings. The van der Waals surface area contributed by atoms with Gasteiger partial charge in [0, 0.05) is 23.1 Å². The van der Waals surface area contributed by atoms with E-state index in [1.54, 1.807) is 26.0 Å². The van der Waals surface area contributed by atoms with Gasteiger partial charge in [0.1, 0.15) is 0 Å². The van der Waals surface area contributed by atoms with Crippen molar-refractivity contribution in [2.75, 3.05) is 7.05 Å². The molecule has 5 nitrogen and oxygen atoms in total. The second kappa shape index (κ2) is 8.33. The summed E-state index contributed by atoms with van der Waals surface area (Å²) in [5, 5.41) is 2.90. The molecule has 7 heteroatoms. The monoisotopic (exact) mass is 438 g/mol. The van der Waals surface area contributed by atoms with Crippen molar-refractivity contribution < 1.29 is 13.2 Å². The molecule has 1 N–H and O–H groups in total. The third-order valence-electron chi connectivity index (χ3n) is 4.20. The molecule has 0 fully saturated rings. The molecule has 1 amide bonds. The van der Waals surface area contributed by atoms with Crippen LogP contribution in [0.15, 0.2) is 57.9 Å². The molecular formula is C19H23BrN2O3S. The van der Waals surface area contributed by atoms with Crippen LogP contribution in [-0.4, -0.2) is 31.7 Å². The van der Waals surface area contributed by atoms with Crippen LogP contribution < -0.4 is 5.32 Å². The zero-order valence-corrected chi connectivity index (χ0v) is 17.6. The Morgan fingerprint density at radius 3 is 2.35 bits per heavy atom. The first-order chi connectivity index (χ1) is 12.1. The van der Waals surface area contributed by atoms with Crippen molar-refractivity contribution in [2.45, 2.75) is 37.8 Å². The highest BCUT2D eigenvalue weighted by Crippen LogP contribution is 2.20. The molecule has 0 aliphatic carbocycles. The first kappa shape index (κ1) is 20.6. The van der Waals surface area contributed by atoms with Crippen molar-refractivity contribution in [1.29, 1.82) is 0 Å². The molecule has 2 aromatic rings. The van der Waals surface area contributed by atoms with Gasteiger partial charge in [0.15, 0.2) is 0 Å². The van der Waals surface area contributed by atoms with Crippen LogP contribution in [0.5, 0.6) is 0 Å². The van der Waals surface area contributed by atoms with Gasteiger partial charge >= 0.3 is 0 Å². The van der Waals surface area contributed by atoms with Crippen molar-refractivity contribution >= 4 is 31.9 Å². The Kier molecular flexibility index (Phi) is 6.60. The van der Waals surface area contributed by atoms with Crippen LogP contribution in [0.4, 0.5) is 0 Å². The summed E-state index contributed by atoms with van der Waals surface area (Å²) < 4.78 is 27.5. The summed E-state index contributed by atoms with van der Waals surface area (Å²) in [6, 6.07) is 13.4. The largest absolute Gasteiger partial charge is 0.346 e. The zero-order valence-electron chi connectivity index (χ0n) is 15.2. The van der Waals surface area contributed by atoms with E-state index in [2.05, 4.69) is 21.2 Å². The maximum absolute atomic E-state index is 12.6. The number of amides is 1. The van der Waals surface area contributed by atoms with Gasteiger partial charge in [-0.2, -0.15) is 4.31 Å². The van der Waals surface area contributed by atoms with Gasteiger partial charge in [-0.05, 0) is 56.7 Å². The smallest absolute Gasteiger partial charge is 0.251 e. The molecular weight excluding hydrogens is 416 g/mol. The maximum Gasteiger partial charge on any atom is 0.251 e. The van der Waals surface area contributed by atoms with E-state index in [-0.39, 0.29) is 22.9 Å². The van der Waals surface area contributed by atoms with Gasteiger partial charge in [-0.3, -0.25) is 4.79 Å². The summed E-state index contributed by atoms with van der Waals surface area (Å²) in [5.74, 6) is -0.318. The fourth-order valence-corrected chi connectivity index (χ4v) is 4.21. The molecule has 0 spiro atoms. The van der Waals surface area contributed by atoms with E-state index in [1.807, 2.05) is 31.2 Å². The topological polar surface area (TPSA) is 66.5 Å². The third kappa shape index (κ3) is 4.72. The van der Waals surface area contributed by atoms with Crippen molar-refractivity contribution in [2.24, 2.45) is 0 Å². The maximum atomic E-state index is 12.6. The highest BCUT2D eigenvalue weighted by Gasteiger charge is 2.24. The van der Waals surface area contributed by atoms with Crippen molar-refractivity contribution in [1.82, 2.24) is 9.62 Å². The number of carbonyl (C=O) groups excluding carboxylic acids is 1. The molecule has 1 unspecified atom stereocenters. The van der Waals surface area contributed by atoms with Crippen LogP contribution in [0.3, 0.4) is 0 Å². The fraction of sp³-hybridized carbons (Fsp3) is 0.316. The van der Waals surface area contributed by atoms with Crippen LogP contribution in [-0.2, 0) is 10.0 Å². The van der Waals surface area contributed by atoms with E-state index in [0.717, 1.165) is 10.0 Å². The van der Waals surface area contributed by atoms with Crippen LogP contribution in [0, 0.1) is 0 Å². The predicted molar refractivity (Wildman–Crippen MR) is 107 cm³/mol. The number of carbonyl (C=O) groups is 1. The average molecular weight is 439 g/mol. The second-order valence-electron chi connectivity index (χ2n) is 6.39. The summed E-state index contributed by atoms with van der Waals surface area (Å²) in [6.45, 7) is 5.48. The molecule has 0 radical (unpaired) electrons.